The van der Waals surface area contributed by atoms with Crippen molar-refractivity contribution in [1.29, 1.82) is 0 Å². The molecule has 66 valence electrons. The normalized spacial score (nSPS) is 10.2. The Hall–Kier alpha value is -1.95. The van der Waals surface area contributed by atoms with Crippen molar-refractivity contribution in [2.24, 2.45) is 0 Å². The van der Waals surface area contributed by atoms with E-state index in [2.05, 4.69) is 14.9 Å². The van der Waals surface area contributed by atoms with Crippen LogP contribution in [0.5, 0.6) is 0 Å². The molecule has 1 amide bonds. The van der Waals surface area contributed by atoms with E-state index in [1.807, 2.05) is 0 Å². The molecule has 0 aliphatic heterocycles. The standard InChI is InChI=1S/C7H5N3O3/c11-7(8-12)4-1-2-5-6(3-4)10-13-9-5/h1-3,12H,(H,8,11). The van der Waals surface area contributed by atoms with E-state index >= 15 is 0 Å². The van der Waals surface area contributed by atoms with Gasteiger partial charge in [-0.25, -0.2) is 10.1 Å². The van der Waals surface area contributed by atoms with E-state index in [9.17, 15) is 4.79 Å². The number of aromatic nitrogens is 2. The molecule has 2 N–H and O–H groups in total. The quantitative estimate of drug-likeness (QED) is 0.486. The summed E-state index contributed by atoms with van der Waals surface area (Å²) in [5.74, 6) is -0.593. The second-order valence-electron chi connectivity index (χ2n) is 2.41. The van der Waals surface area contributed by atoms with Crippen LogP contribution in [0.3, 0.4) is 0 Å². The predicted octanol–water partition coefficient (Wildman–Crippen LogP) is 0.342. The average Bonchev–Trinajstić information content (AvgIpc) is 2.63. The molecule has 0 spiro atoms. The third-order valence-electron chi connectivity index (χ3n) is 1.62. The molecule has 2 rings (SSSR count). The number of carbonyl (C=O) groups is 1. The Bertz CT molecular complexity index is 451. The molecular weight excluding hydrogens is 174 g/mol. The highest BCUT2D eigenvalue weighted by molar-refractivity contribution is 5.96. The Morgan fingerprint density at radius 1 is 1.38 bits per heavy atom. The summed E-state index contributed by atoms with van der Waals surface area (Å²) in [4.78, 5) is 10.9. The van der Waals surface area contributed by atoms with Crippen molar-refractivity contribution < 1.29 is 14.6 Å². The largest absolute Gasteiger partial charge is 0.288 e. The van der Waals surface area contributed by atoms with Crippen LogP contribution in [0.1, 0.15) is 10.4 Å². The first-order valence-electron chi connectivity index (χ1n) is 3.48. The highest BCUT2D eigenvalue weighted by atomic mass is 16.6. The van der Waals surface area contributed by atoms with Gasteiger partial charge in [0.2, 0.25) is 0 Å². The Morgan fingerprint density at radius 3 is 2.92 bits per heavy atom. The molecule has 0 unspecified atom stereocenters. The molecule has 0 atom stereocenters. The zero-order valence-electron chi connectivity index (χ0n) is 6.39. The van der Waals surface area contributed by atoms with Gasteiger partial charge >= 0.3 is 0 Å². The van der Waals surface area contributed by atoms with E-state index in [1.54, 1.807) is 6.07 Å². The monoisotopic (exact) mass is 179 g/mol. The van der Waals surface area contributed by atoms with Gasteiger partial charge in [0.15, 0.2) is 0 Å². The number of hydrogen-bond donors (Lipinski definition) is 2. The first-order chi connectivity index (χ1) is 6.31. The molecule has 1 aromatic carbocycles. The van der Waals surface area contributed by atoms with E-state index in [-0.39, 0.29) is 0 Å². The van der Waals surface area contributed by atoms with Crippen LogP contribution in [0.4, 0.5) is 0 Å². The van der Waals surface area contributed by atoms with Crippen LogP contribution < -0.4 is 5.48 Å². The van der Waals surface area contributed by atoms with Gasteiger partial charge in [0.1, 0.15) is 11.0 Å². The minimum Gasteiger partial charge on any atom is -0.288 e. The van der Waals surface area contributed by atoms with Gasteiger partial charge in [0.25, 0.3) is 5.91 Å². The molecule has 13 heavy (non-hydrogen) atoms. The zero-order chi connectivity index (χ0) is 9.26. The summed E-state index contributed by atoms with van der Waals surface area (Å²) in [7, 11) is 0. The number of nitrogens with one attached hydrogen (secondary N) is 1. The van der Waals surface area contributed by atoms with Gasteiger partial charge in [0.05, 0.1) is 0 Å². The molecule has 6 heteroatoms. The Kier molecular flexibility index (Phi) is 1.67. The maximum Gasteiger partial charge on any atom is 0.274 e. The van der Waals surface area contributed by atoms with Gasteiger partial charge < -0.3 is 0 Å². The fraction of sp³-hybridized carbons (Fsp3) is 0. The van der Waals surface area contributed by atoms with Crippen molar-refractivity contribution in [2.75, 3.05) is 0 Å². The maximum atomic E-state index is 10.9. The summed E-state index contributed by atoms with van der Waals surface area (Å²) in [6.45, 7) is 0. The minimum atomic E-state index is -0.593. The number of hydrogen-bond acceptors (Lipinski definition) is 5. The number of rotatable bonds is 1. The van der Waals surface area contributed by atoms with E-state index in [0.717, 1.165) is 0 Å². The van der Waals surface area contributed by atoms with Gasteiger partial charge in [-0.3, -0.25) is 10.0 Å². The van der Waals surface area contributed by atoms with Crippen molar-refractivity contribution in [1.82, 2.24) is 15.8 Å². The van der Waals surface area contributed by atoms with Crippen molar-refractivity contribution in [3.8, 4) is 0 Å². The topological polar surface area (TPSA) is 88.2 Å². The Labute approximate surface area is 72.1 Å². The second kappa shape index (κ2) is 2.83. The number of amides is 1. The number of nitrogens with zero attached hydrogens (tertiary/aromatic N) is 2. The molecule has 0 saturated heterocycles. The first kappa shape index (κ1) is 7.69. The molecule has 0 bridgehead atoms. The minimum absolute atomic E-state index is 0.297. The summed E-state index contributed by atoms with van der Waals surface area (Å²) in [5, 5.41) is 15.5. The number of benzene rings is 1. The van der Waals surface area contributed by atoms with Crippen molar-refractivity contribution in [3.05, 3.63) is 23.8 Å². The fourth-order valence-electron chi connectivity index (χ4n) is 0.988. The third-order valence-corrected chi connectivity index (χ3v) is 1.62. The molecule has 0 aliphatic rings. The molecular formula is C7H5N3O3. The molecule has 0 aliphatic carbocycles. The summed E-state index contributed by atoms with van der Waals surface area (Å²) in [6.07, 6.45) is 0. The van der Waals surface area contributed by atoms with Crippen LogP contribution in [-0.2, 0) is 0 Å². The van der Waals surface area contributed by atoms with Crippen LogP contribution in [0.25, 0.3) is 11.0 Å². The van der Waals surface area contributed by atoms with Gasteiger partial charge in [-0.15, -0.1) is 0 Å². The van der Waals surface area contributed by atoms with E-state index in [1.165, 1.54) is 17.6 Å². The zero-order valence-corrected chi connectivity index (χ0v) is 6.39. The van der Waals surface area contributed by atoms with Crippen LogP contribution >= 0.6 is 0 Å². The fourth-order valence-corrected chi connectivity index (χ4v) is 0.988. The van der Waals surface area contributed by atoms with Crippen LogP contribution in [0.15, 0.2) is 22.8 Å². The van der Waals surface area contributed by atoms with E-state index in [0.29, 0.717) is 16.6 Å². The van der Waals surface area contributed by atoms with Crippen molar-refractivity contribution in [3.63, 3.8) is 0 Å². The average molecular weight is 179 g/mol. The molecule has 0 fully saturated rings. The molecule has 0 saturated carbocycles. The van der Waals surface area contributed by atoms with Crippen LogP contribution in [0.2, 0.25) is 0 Å². The lowest BCUT2D eigenvalue weighted by Gasteiger charge is -1.95. The third kappa shape index (κ3) is 1.23. The summed E-state index contributed by atoms with van der Waals surface area (Å²) in [6, 6.07) is 4.56. The predicted molar refractivity (Wildman–Crippen MR) is 41.1 cm³/mol. The SMILES string of the molecule is O=C(NO)c1ccc2nonc2c1. The highest BCUT2D eigenvalue weighted by Crippen LogP contribution is 2.10. The van der Waals surface area contributed by atoms with Crippen molar-refractivity contribution >= 4 is 16.9 Å². The lowest BCUT2D eigenvalue weighted by Crippen LogP contribution is -2.18. The number of hydroxylamine groups is 1. The number of carbonyl (C=O) groups excluding carboxylic acids is 1. The van der Waals surface area contributed by atoms with Gasteiger partial charge in [-0.05, 0) is 28.5 Å². The highest BCUT2D eigenvalue weighted by Gasteiger charge is 2.06. The molecule has 2 aromatic rings. The van der Waals surface area contributed by atoms with E-state index in [4.69, 9.17) is 5.21 Å². The summed E-state index contributed by atoms with van der Waals surface area (Å²) >= 11 is 0. The van der Waals surface area contributed by atoms with E-state index < -0.39 is 5.91 Å². The number of fused-ring (bicyclic) bond motifs is 1. The lowest BCUT2D eigenvalue weighted by atomic mass is 10.2. The van der Waals surface area contributed by atoms with Crippen LogP contribution in [-0.4, -0.2) is 21.4 Å². The molecule has 6 nitrogen and oxygen atoms in total. The lowest BCUT2D eigenvalue weighted by molar-refractivity contribution is 0.0706. The maximum absolute atomic E-state index is 10.9. The van der Waals surface area contributed by atoms with Gasteiger partial charge in [0, 0.05) is 5.56 Å². The van der Waals surface area contributed by atoms with Crippen molar-refractivity contribution in [2.45, 2.75) is 0 Å². The smallest absolute Gasteiger partial charge is 0.274 e. The second-order valence-corrected chi connectivity index (χ2v) is 2.41. The van der Waals surface area contributed by atoms with Gasteiger partial charge in [-0.1, -0.05) is 0 Å². The molecule has 0 radical (unpaired) electrons. The Morgan fingerprint density at radius 2 is 2.15 bits per heavy atom. The van der Waals surface area contributed by atoms with Gasteiger partial charge in [-0.2, -0.15) is 0 Å². The summed E-state index contributed by atoms with van der Waals surface area (Å²) < 4.78 is 4.44. The molecule has 1 aromatic heterocycles. The molecule has 1 heterocycles. The first-order valence-corrected chi connectivity index (χ1v) is 3.48. The Balaban J connectivity index is 2.54. The summed E-state index contributed by atoms with van der Waals surface area (Å²) in [5.41, 5.74) is 2.85. The van der Waals surface area contributed by atoms with Crippen LogP contribution in [0, 0.1) is 0 Å².